The first-order valence-electron chi connectivity index (χ1n) is 9.46. The quantitative estimate of drug-likeness (QED) is 0.448. The number of carbonyl (C=O) groups is 3. The van der Waals surface area contributed by atoms with Crippen molar-refractivity contribution in [3.8, 4) is 0 Å². The van der Waals surface area contributed by atoms with E-state index in [1.807, 2.05) is 10.9 Å². The van der Waals surface area contributed by atoms with Crippen LogP contribution in [0.15, 0.2) is 41.1 Å². The average Bonchev–Trinajstić information content (AvgIpc) is 3.21. The van der Waals surface area contributed by atoms with Crippen molar-refractivity contribution in [3.05, 3.63) is 52.3 Å². The average molecular weight is 447 g/mol. The van der Waals surface area contributed by atoms with E-state index in [4.69, 9.17) is 0 Å². The number of rotatable bonds is 10. The Morgan fingerprint density at radius 3 is 2.36 bits per heavy atom. The second kappa shape index (κ2) is 9.64. The number of unbranched alkanes of at least 4 members (excludes halogenated alkanes) is 2. The predicted molar refractivity (Wildman–Crippen MR) is 108 cm³/mol. The number of benzene rings is 1. The third-order valence-corrected chi connectivity index (χ3v) is 5.06. The van der Waals surface area contributed by atoms with Crippen molar-refractivity contribution in [2.75, 3.05) is 13.1 Å². The van der Waals surface area contributed by atoms with E-state index >= 15 is 0 Å². The molecular formula is C20H23BrN4O3. The predicted octanol–water partition coefficient (Wildman–Crippen LogP) is 3.01. The lowest BCUT2D eigenvalue weighted by Gasteiger charge is -2.13. The van der Waals surface area contributed by atoms with E-state index < -0.39 is 0 Å². The molecule has 0 bridgehead atoms. The number of nitrogens with zero attached hydrogens (tertiary/aromatic N) is 3. The maximum Gasteiger partial charge on any atom is 0.261 e. The second-order valence-corrected chi connectivity index (χ2v) is 7.66. The van der Waals surface area contributed by atoms with Crippen LogP contribution in [-0.2, 0) is 11.3 Å². The smallest absolute Gasteiger partial charge is 0.261 e. The van der Waals surface area contributed by atoms with Crippen LogP contribution in [0.5, 0.6) is 0 Å². The molecule has 0 fully saturated rings. The normalized spacial score (nSPS) is 13.1. The largest absolute Gasteiger partial charge is 0.356 e. The van der Waals surface area contributed by atoms with Crippen molar-refractivity contribution in [3.63, 3.8) is 0 Å². The molecule has 7 nitrogen and oxygen atoms in total. The van der Waals surface area contributed by atoms with Crippen LogP contribution in [0.1, 0.15) is 52.8 Å². The molecule has 28 heavy (non-hydrogen) atoms. The molecule has 0 saturated carbocycles. The molecule has 0 saturated heterocycles. The number of hydrogen-bond acceptors (Lipinski definition) is 4. The third-order valence-electron chi connectivity index (χ3n) is 4.65. The molecule has 2 aromatic rings. The van der Waals surface area contributed by atoms with Crippen LogP contribution >= 0.6 is 15.9 Å². The molecule has 0 radical (unpaired) electrons. The summed E-state index contributed by atoms with van der Waals surface area (Å²) in [5.41, 5.74) is 0.962. The van der Waals surface area contributed by atoms with Crippen LogP contribution < -0.4 is 5.32 Å². The standard InChI is InChI=1S/C20H23BrN4O3/c21-15-13-23-24(14-15)11-6-10-22-18(26)9-2-1-5-12-25-19(27)16-7-3-4-8-17(16)20(25)28/h3-4,7-8,13-14H,1-2,5-6,9-12H2,(H,22,26). The molecular weight excluding hydrogens is 424 g/mol. The molecule has 0 unspecified atom stereocenters. The van der Waals surface area contributed by atoms with Gasteiger partial charge in [-0.25, -0.2) is 0 Å². The van der Waals surface area contributed by atoms with E-state index in [0.717, 1.165) is 30.3 Å². The van der Waals surface area contributed by atoms with Crippen LogP contribution in [-0.4, -0.2) is 45.5 Å². The van der Waals surface area contributed by atoms with Gasteiger partial charge in [-0.15, -0.1) is 0 Å². The van der Waals surface area contributed by atoms with Gasteiger partial charge in [-0.05, 0) is 47.3 Å². The minimum Gasteiger partial charge on any atom is -0.356 e. The Hall–Kier alpha value is -2.48. The van der Waals surface area contributed by atoms with Gasteiger partial charge in [0.05, 0.1) is 21.8 Å². The van der Waals surface area contributed by atoms with Crippen molar-refractivity contribution >= 4 is 33.7 Å². The number of halogens is 1. The van der Waals surface area contributed by atoms with E-state index in [0.29, 0.717) is 37.1 Å². The van der Waals surface area contributed by atoms with Gasteiger partial charge < -0.3 is 5.32 Å². The van der Waals surface area contributed by atoms with Crippen LogP contribution in [0.3, 0.4) is 0 Å². The summed E-state index contributed by atoms with van der Waals surface area (Å²) < 4.78 is 2.77. The summed E-state index contributed by atoms with van der Waals surface area (Å²) in [5, 5.41) is 7.07. The Balaban J connectivity index is 1.26. The fourth-order valence-electron chi connectivity index (χ4n) is 3.19. The monoisotopic (exact) mass is 446 g/mol. The van der Waals surface area contributed by atoms with Crippen LogP contribution in [0.2, 0.25) is 0 Å². The van der Waals surface area contributed by atoms with Crippen molar-refractivity contribution in [2.45, 2.75) is 38.6 Å². The maximum atomic E-state index is 12.3. The lowest BCUT2D eigenvalue weighted by molar-refractivity contribution is -0.121. The molecule has 1 aliphatic rings. The van der Waals surface area contributed by atoms with Gasteiger partial charge in [-0.2, -0.15) is 5.10 Å². The van der Waals surface area contributed by atoms with Gasteiger partial charge in [-0.1, -0.05) is 18.6 Å². The molecule has 148 valence electrons. The maximum absolute atomic E-state index is 12.3. The van der Waals surface area contributed by atoms with E-state index in [-0.39, 0.29) is 17.7 Å². The molecule has 1 aliphatic heterocycles. The molecule has 0 atom stereocenters. The highest BCUT2D eigenvalue weighted by Crippen LogP contribution is 2.22. The Bertz CT molecular complexity index is 830. The molecule has 8 heteroatoms. The number of aryl methyl sites for hydroxylation is 1. The highest BCUT2D eigenvalue weighted by molar-refractivity contribution is 9.10. The van der Waals surface area contributed by atoms with Crippen molar-refractivity contribution in [1.82, 2.24) is 20.0 Å². The summed E-state index contributed by atoms with van der Waals surface area (Å²) in [6, 6.07) is 6.90. The molecule has 3 rings (SSSR count). The highest BCUT2D eigenvalue weighted by Gasteiger charge is 2.34. The molecule has 0 aliphatic carbocycles. The van der Waals surface area contributed by atoms with Crippen LogP contribution in [0.4, 0.5) is 0 Å². The summed E-state index contributed by atoms with van der Waals surface area (Å²) in [4.78, 5) is 37.7. The Morgan fingerprint density at radius 1 is 1.00 bits per heavy atom. The Labute approximate surface area is 172 Å². The summed E-state index contributed by atoms with van der Waals surface area (Å²) >= 11 is 3.35. The SMILES string of the molecule is O=C(CCCCCN1C(=O)c2ccccc2C1=O)NCCCn1cc(Br)cn1. The first kappa shape index (κ1) is 20.3. The van der Waals surface area contributed by atoms with E-state index in [2.05, 4.69) is 26.3 Å². The van der Waals surface area contributed by atoms with Crippen molar-refractivity contribution < 1.29 is 14.4 Å². The highest BCUT2D eigenvalue weighted by atomic mass is 79.9. The van der Waals surface area contributed by atoms with Gasteiger partial charge in [-0.3, -0.25) is 24.0 Å². The summed E-state index contributed by atoms with van der Waals surface area (Å²) in [6.45, 7) is 1.77. The lowest BCUT2D eigenvalue weighted by Crippen LogP contribution is -2.30. The molecule has 3 amide bonds. The van der Waals surface area contributed by atoms with Crippen LogP contribution in [0, 0.1) is 0 Å². The van der Waals surface area contributed by atoms with Crippen LogP contribution in [0.25, 0.3) is 0 Å². The summed E-state index contributed by atoms with van der Waals surface area (Å²) in [7, 11) is 0. The Kier molecular flexibility index (Phi) is 6.97. The first-order valence-corrected chi connectivity index (χ1v) is 10.3. The van der Waals surface area contributed by atoms with Crippen molar-refractivity contribution in [2.24, 2.45) is 0 Å². The summed E-state index contributed by atoms with van der Waals surface area (Å²) in [6.07, 6.45) is 7.14. The van der Waals surface area contributed by atoms with Crippen molar-refractivity contribution in [1.29, 1.82) is 0 Å². The topological polar surface area (TPSA) is 84.3 Å². The molecule has 0 spiro atoms. The zero-order valence-corrected chi connectivity index (χ0v) is 17.2. The number of amides is 3. The number of fused-ring (bicyclic) bond motifs is 1. The number of carbonyl (C=O) groups excluding carboxylic acids is 3. The van der Waals surface area contributed by atoms with Gasteiger partial charge >= 0.3 is 0 Å². The fraction of sp³-hybridized carbons (Fsp3) is 0.400. The van der Waals surface area contributed by atoms with Gasteiger partial charge in [0.1, 0.15) is 0 Å². The van der Waals surface area contributed by atoms with Gasteiger partial charge in [0.2, 0.25) is 5.91 Å². The van der Waals surface area contributed by atoms with Gasteiger partial charge in [0, 0.05) is 32.3 Å². The zero-order chi connectivity index (χ0) is 19.9. The van der Waals surface area contributed by atoms with Gasteiger partial charge in [0.15, 0.2) is 0 Å². The molecule has 1 aromatic heterocycles. The number of aromatic nitrogens is 2. The molecule has 2 heterocycles. The van der Waals surface area contributed by atoms with E-state index in [1.54, 1.807) is 30.5 Å². The van der Waals surface area contributed by atoms with Gasteiger partial charge in [0.25, 0.3) is 11.8 Å². The fourth-order valence-corrected chi connectivity index (χ4v) is 3.52. The van der Waals surface area contributed by atoms with E-state index in [9.17, 15) is 14.4 Å². The number of hydrogen-bond donors (Lipinski definition) is 1. The van der Waals surface area contributed by atoms with E-state index in [1.165, 1.54) is 4.90 Å². The first-order chi connectivity index (χ1) is 13.6. The minimum absolute atomic E-state index is 0.0300. The number of nitrogens with one attached hydrogen (secondary N) is 1. The second-order valence-electron chi connectivity index (χ2n) is 6.74. The Morgan fingerprint density at radius 2 is 1.71 bits per heavy atom. The molecule has 1 N–H and O–H groups in total. The third kappa shape index (κ3) is 5.07. The zero-order valence-electron chi connectivity index (χ0n) is 15.6. The lowest BCUT2D eigenvalue weighted by atomic mass is 10.1. The number of imide groups is 1. The molecule has 1 aromatic carbocycles. The summed E-state index contributed by atoms with van der Waals surface area (Å²) in [5.74, 6) is -0.410. The minimum atomic E-state index is -0.220.